The van der Waals surface area contributed by atoms with Gasteiger partial charge < -0.3 is 10.2 Å². The number of imide groups is 1. The quantitative estimate of drug-likeness (QED) is 0.595. The largest absolute Gasteiger partial charge is 0.352 e. The highest BCUT2D eigenvalue weighted by Crippen LogP contribution is 2.23. The number of carbonyl (C=O) groups excluding carboxylic acids is 4. The second kappa shape index (κ2) is 10.4. The molecule has 3 rings (SSSR count). The number of fused-ring (bicyclic) bond motifs is 1. The van der Waals surface area contributed by atoms with Crippen LogP contribution in [0.1, 0.15) is 65.5 Å². The summed E-state index contributed by atoms with van der Waals surface area (Å²) >= 11 is 0. The summed E-state index contributed by atoms with van der Waals surface area (Å²) in [5, 5.41) is 2.87. The molecule has 1 atom stereocenters. The molecular formula is C26H31N3O4. The number of hydrogen-bond donors (Lipinski definition) is 1. The van der Waals surface area contributed by atoms with Crippen LogP contribution in [0.3, 0.4) is 0 Å². The summed E-state index contributed by atoms with van der Waals surface area (Å²) in [7, 11) is 0. The van der Waals surface area contributed by atoms with Crippen molar-refractivity contribution in [1.82, 2.24) is 15.1 Å². The van der Waals surface area contributed by atoms with Crippen LogP contribution in [0.15, 0.2) is 48.5 Å². The first kappa shape index (κ1) is 24.2. The average Bonchev–Trinajstić information content (AvgIpc) is 3.01. The van der Waals surface area contributed by atoms with Crippen molar-refractivity contribution in [3.63, 3.8) is 0 Å². The smallest absolute Gasteiger partial charge is 0.261 e. The van der Waals surface area contributed by atoms with Gasteiger partial charge in [0.2, 0.25) is 11.8 Å². The molecule has 0 saturated carbocycles. The monoisotopic (exact) mass is 449 g/mol. The van der Waals surface area contributed by atoms with E-state index in [2.05, 4.69) is 5.32 Å². The van der Waals surface area contributed by atoms with Crippen LogP contribution in [-0.4, -0.2) is 52.1 Å². The molecule has 7 heteroatoms. The summed E-state index contributed by atoms with van der Waals surface area (Å²) in [5.74, 6) is -1.07. The molecule has 2 aromatic carbocycles. The molecule has 4 amide bonds. The third kappa shape index (κ3) is 5.66. The van der Waals surface area contributed by atoms with E-state index in [0.29, 0.717) is 24.1 Å². The molecule has 0 saturated heterocycles. The van der Waals surface area contributed by atoms with Gasteiger partial charge >= 0.3 is 0 Å². The third-order valence-corrected chi connectivity index (χ3v) is 5.68. The average molecular weight is 450 g/mol. The Morgan fingerprint density at radius 1 is 0.970 bits per heavy atom. The van der Waals surface area contributed by atoms with Gasteiger partial charge in [0, 0.05) is 25.6 Å². The van der Waals surface area contributed by atoms with Crippen LogP contribution in [0.4, 0.5) is 0 Å². The summed E-state index contributed by atoms with van der Waals surface area (Å²) in [6, 6.07) is 13.9. The van der Waals surface area contributed by atoms with E-state index >= 15 is 0 Å². The number of benzene rings is 2. The summed E-state index contributed by atoms with van der Waals surface area (Å²) < 4.78 is 0. The lowest BCUT2D eigenvalue weighted by Crippen LogP contribution is -2.49. The Morgan fingerprint density at radius 2 is 1.61 bits per heavy atom. The van der Waals surface area contributed by atoms with Crippen molar-refractivity contribution in [2.45, 2.75) is 59.2 Å². The number of amides is 4. The summed E-state index contributed by atoms with van der Waals surface area (Å²) in [6.45, 7) is 7.91. The number of nitrogens with one attached hydrogen (secondary N) is 1. The highest BCUT2D eigenvalue weighted by molar-refractivity contribution is 6.21. The summed E-state index contributed by atoms with van der Waals surface area (Å²) in [5.41, 5.74) is 2.81. The predicted octanol–water partition coefficient (Wildman–Crippen LogP) is 3.31. The van der Waals surface area contributed by atoms with Gasteiger partial charge in [-0.2, -0.15) is 0 Å². The van der Waals surface area contributed by atoms with Gasteiger partial charge in [0.25, 0.3) is 11.8 Å². The lowest BCUT2D eigenvalue weighted by Gasteiger charge is -2.29. The lowest BCUT2D eigenvalue weighted by atomic mass is 10.1. The molecule has 1 heterocycles. The SMILES string of the molecule is Cc1cccc(CN(C(=O)CCCN2C(=O)c3ccccc3C2=O)[C@H](C)C(=O)NC(C)C)c1. The number of carbonyl (C=O) groups is 4. The van der Waals surface area contributed by atoms with E-state index in [0.717, 1.165) is 11.1 Å². The van der Waals surface area contributed by atoms with Crippen LogP contribution in [0.5, 0.6) is 0 Å². The molecule has 1 aliphatic rings. The normalized spacial score (nSPS) is 13.8. The topological polar surface area (TPSA) is 86.8 Å². The molecule has 0 unspecified atom stereocenters. The molecule has 0 bridgehead atoms. The second-order valence-corrected chi connectivity index (χ2v) is 8.76. The second-order valence-electron chi connectivity index (χ2n) is 8.76. The molecule has 0 radical (unpaired) electrons. The number of nitrogens with zero attached hydrogens (tertiary/aromatic N) is 2. The van der Waals surface area contributed by atoms with Crippen molar-refractivity contribution in [3.8, 4) is 0 Å². The first-order valence-electron chi connectivity index (χ1n) is 11.3. The van der Waals surface area contributed by atoms with E-state index in [1.165, 1.54) is 4.90 Å². The molecule has 2 aromatic rings. The van der Waals surface area contributed by atoms with Crippen molar-refractivity contribution in [1.29, 1.82) is 0 Å². The van der Waals surface area contributed by atoms with Crippen LogP contribution in [0, 0.1) is 6.92 Å². The first-order chi connectivity index (χ1) is 15.7. The van der Waals surface area contributed by atoms with Gasteiger partial charge in [-0.3, -0.25) is 24.1 Å². The Balaban J connectivity index is 1.67. The molecule has 1 N–H and O–H groups in total. The lowest BCUT2D eigenvalue weighted by molar-refractivity contribution is -0.140. The van der Waals surface area contributed by atoms with Crippen LogP contribution in [0.2, 0.25) is 0 Å². The van der Waals surface area contributed by atoms with E-state index < -0.39 is 6.04 Å². The van der Waals surface area contributed by atoms with Gasteiger partial charge in [-0.1, -0.05) is 42.0 Å². The zero-order valence-corrected chi connectivity index (χ0v) is 19.6. The van der Waals surface area contributed by atoms with Gasteiger partial charge in [0.05, 0.1) is 11.1 Å². The predicted molar refractivity (Wildman–Crippen MR) is 126 cm³/mol. The Morgan fingerprint density at radius 3 is 2.18 bits per heavy atom. The standard InChI is InChI=1S/C26H31N3O4/c1-17(2)27-24(31)19(4)29(16-20-10-7-9-18(3)15-20)23(30)13-8-14-28-25(32)21-11-5-6-12-22(21)26(28)33/h5-7,9-12,15,17,19H,8,13-14,16H2,1-4H3,(H,27,31)/t19-/m1/s1. The van der Waals surface area contributed by atoms with E-state index in [1.54, 1.807) is 36.1 Å². The van der Waals surface area contributed by atoms with Crippen molar-refractivity contribution >= 4 is 23.6 Å². The van der Waals surface area contributed by atoms with Crippen molar-refractivity contribution in [3.05, 3.63) is 70.8 Å². The van der Waals surface area contributed by atoms with E-state index in [4.69, 9.17) is 0 Å². The van der Waals surface area contributed by atoms with E-state index in [1.807, 2.05) is 45.0 Å². The maximum absolute atomic E-state index is 13.2. The Hall–Kier alpha value is -3.48. The minimum absolute atomic E-state index is 0.0373. The molecule has 0 aromatic heterocycles. The van der Waals surface area contributed by atoms with Crippen LogP contribution >= 0.6 is 0 Å². The Kier molecular flexibility index (Phi) is 7.63. The van der Waals surface area contributed by atoms with Gasteiger partial charge in [-0.25, -0.2) is 0 Å². The molecule has 1 aliphatic heterocycles. The van der Waals surface area contributed by atoms with Gasteiger partial charge in [-0.15, -0.1) is 0 Å². The minimum atomic E-state index is -0.653. The summed E-state index contributed by atoms with van der Waals surface area (Å²) in [6.07, 6.45) is 0.450. The van der Waals surface area contributed by atoms with E-state index in [9.17, 15) is 19.2 Å². The fourth-order valence-electron chi connectivity index (χ4n) is 3.97. The molecule has 0 fully saturated rings. The zero-order valence-electron chi connectivity index (χ0n) is 19.6. The Bertz CT molecular complexity index is 1030. The maximum atomic E-state index is 13.2. The van der Waals surface area contributed by atoms with Gasteiger partial charge in [0.1, 0.15) is 6.04 Å². The van der Waals surface area contributed by atoms with Gasteiger partial charge in [-0.05, 0) is 51.8 Å². The van der Waals surface area contributed by atoms with Crippen LogP contribution in [0.25, 0.3) is 0 Å². The highest BCUT2D eigenvalue weighted by atomic mass is 16.2. The molecule has 33 heavy (non-hydrogen) atoms. The van der Waals surface area contributed by atoms with Crippen LogP contribution in [-0.2, 0) is 16.1 Å². The fraction of sp³-hybridized carbons (Fsp3) is 0.385. The molecule has 174 valence electrons. The van der Waals surface area contributed by atoms with E-state index in [-0.39, 0.29) is 42.6 Å². The molecule has 0 spiro atoms. The number of hydrogen-bond acceptors (Lipinski definition) is 4. The van der Waals surface area contributed by atoms with Gasteiger partial charge in [0.15, 0.2) is 0 Å². The van der Waals surface area contributed by atoms with Crippen molar-refractivity contribution in [2.75, 3.05) is 6.54 Å². The van der Waals surface area contributed by atoms with Crippen molar-refractivity contribution in [2.24, 2.45) is 0 Å². The third-order valence-electron chi connectivity index (χ3n) is 5.68. The number of aryl methyl sites for hydroxylation is 1. The molecule has 0 aliphatic carbocycles. The fourth-order valence-corrected chi connectivity index (χ4v) is 3.97. The first-order valence-corrected chi connectivity index (χ1v) is 11.3. The minimum Gasteiger partial charge on any atom is -0.352 e. The molecular weight excluding hydrogens is 418 g/mol. The summed E-state index contributed by atoms with van der Waals surface area (Å²) in [4.78, 5) is 53.7. The molecule has 7 nitrogen and oxygen atoms in total. The zero-order chi connectivity index (χ0) is 24.1. The van der Waals surface area contributed by atoms with Crippen LogP contribution < -0.4 is 5.32 Å². The van der Waals surface area contributed by atoms with Crippen molar-refractivity contribution < 1.29 is 19.2 Å². The Labute approximate surface area is 194 Å². The number of rotatable bonds is 9. The highest BCUT2D eigenvalue weighted by Gasteiger charge is 2.35. The maximum Gasteiger partial charge on any atom is 0.261 e.